The number of carbonyl (C=O) groups is 2. The molecule has 3 aromatic rings. The maximum absolute atomic E-state index is 13.7. The summed E-state index contributed by atoms with van der Waals surface area (Å²) in [6.45, 7) is 10.6. The number of nitrogens with zero attached hydrogens (tertiary/aromatic N) is 2. The number of hydrogen-bond donors (Lipinski definition) is 1. The molecule has 2 heterocycles. The Morgan fingerprint density at radius 2 is 1.67 bits per heavy atom. The highest BCUT2D eigenvalue weighted by Gasteiger charge is 2.39. The van der Waals surface area contributed by atoms with Crippen LogP contribution in [-0.2, 0) is 25.5 Å². The average Bonchev–Trinajstić information content (AvgIpc) is 2.99. The van der Waals surface area contributed by atoms with Crippen LogP contribution in [0.3, 0.4) is 0 Å². The molecule has 1 aliphatic heterocycles. The fraction of sp³-hybridized carbons (Fsp3) is 0.324. The first-order valence-corrected chi connectivity index (χ1v) is 16.0. The van der Waals surface area contributed by atoms with Gasteiger partial charge >= 0.3 is 11.9 Å². The third-order valence-electron chi connectivity index (χ3n) is 7.58. The Hall–Kier alpha value is -3.91. The summed E-state index contributed by atoms with van der Waals surface area (Å²) in [5.41, 5.74) is 6.96. The smallest absolute Gasteiger partial charge is 0.337 e. The van der Waals surface area contributed by atoms with Gasteiger partial charge in [-0.3, -0.25) is 9.88 Å². The van der Waals surface area contributed by atoms with E-state index in [0.29, 0.717) is 40.6 Å². The summed E-state index contributed by atoms with van der Waals surface area (Å²) < 4.78 is 11.4. The molecule has 242 valence electrons. The summed E-state index contributed by atoms with van der Waals surface area (Å²) in [4.78, 5) is 33.3. The van der Waals surface area contributed by atoms with Crippen molar-refractivity contribution in [2.24, 2.45) is 0 Å². The van der Waals surface area contributed by atoms with Gasteiger partial charge in [0.1, 0.15) is 6.61 Å². The second kappa shape index (κ2) is 16.1. The standard InChI is InChI=1S/C37H41Cl2N3O4/c1-23(2)46-37(44)33-26(5)41-25(4)32(34(33)30-10-7-11-31(38)35(30)39)36(43)45-18-17-42(6)22-24(3)19-27-12-14-28(15-13-27)20-29-9-8-16-40-21-29/h7-16,19,21,23,34,41H,17-18,20,22H2,1-6H3. The van der Waals surface area contributed by atoms with Gasteiger partial charge < -0.3 is 14.8 Å². The SMILES string of the molecule is CC(=Cc1ccc(Cc2cccnc2)cc1)CN(C)CCOC(=O)C1=C(C)NC(C)=C(C(=O)OC(C)C)C1c1cccc(Cl)c1Cl. The van der Waals surface area contributed by atoms with Crippen LogP contribution in [0.15, 0.2) is 95.1 Å². The number of hydrogen-bond acceptors (Lipinski definition) is 7. The van der Waals surface area contributed by atoms with Crippen LogP contribution in [0.25, 0.3) is 6.08 Å². The van der Waals surface area contributed by atoms with Crippen molar-refractivity contribution in [1.82, 2.24) is 15.2 Å². The lowest BCUT2D eigenvalue weighted by atomic mass is 9.80. The van der Waals surface area contributed by atoms with E-state index in [9.17, 15) is 9.59 Å². The minimum Gasteiger partial charge on any atom is -0.461 e. The lowest BCUT2D eigenvalue weighted by Gasteiger charge is -2.31. The lowest BCUT2D eigenvalue weighted by Crippen LogP contribution is -2.34. The molecule has 0 radical (unpaired) electrons. The van der Waals surface area contributed by atoms with Crippen molar-refractivity contribution in [3.63, 3.8) is 0 Å². The van der Waals surface area contributed by atoms with Crippen LogP contribution in [-0.4, -0.2) is 54.7 Å². The number of benzene rings is 2. The highest BCUT2D eigenvalue weighted by atomic mass is 35.5. The van der Waals surface area contributed by atoms with E-state index in [1.807, 2.05) is 19.3 Å². The summed E-state index contributed by atoms with van der Waals surface area (Å²) in [6.07, 6.45) is 6.32. The number of pyridine rings is 1. The summed E-state index contributed by atoms with van der Waals surface area (Å²) in [5, 5.41) is 3.76. The van der Waals surface area contributed by atoms with Crippen molar-refractivity contribution >= 4 is 41.2 Å². The van der Waals surface area contributed by atoms with Crippen molar-refractivity contribution in [2.75, 3.05) is 26.7 Å². The molecule has 9 heteroatoms. The van der Waals surface area contributed by atoms with Crippen molar-refractivity contribution in [3.8, 4) is 0 Å². The molecular formula is C37H41Cl2N3O4. The third kappa shape index (κ3) is 9.09. The zero-order chi connectivity index (χ0) is 33.4. The van der Waals surface area contributed by atoms with E-state index in [4.69, 9.17) is 32.7 Å². The van der Waals surface area contributed by atoms with Gasteiger partial charge in [0.25, 0.3) is 0 Å². The van der Waals surface area contributed by atoms with Crippen molar-refractivity contribution in [2.45, 2.75) is 53.1 Å². The third-order valence-corrected chi connectivity index (χ3v) is 8.42. The molecule has 1 unspecified atom stereocenters. The molecule has 0 spiro atoms. The van der Waals surface area contributed by atoms with Gasteiger partial charge in [0, 0.05) is 36.9 Å². The van der Waals surface area contributed by atoms with Crippen LogP contribution in [0.4, 0.5) is 0 Å². The predicted molar refractivity (Wildman–Crippen MR) is 185 cm³/mol. The Bertz CT molecular complexity index is 1650. The number of likely N-dealkylation sites (N-methyl/N-ethyl adjacent to an activating group) is 1. The molecule has 0 aliphatic carbocycles. The summed E-state index contributed by atoms with van der Waals surface area (Å²) >= 11 is 13.0. The van der Waals surface area contributed by atoms with E-state index in [-0.39, 0.29) is 23.3 Å². The van der Waals surface area contributed by atoms with E-state index in [1.165, 1.54) is 16.7 Å². The largest absolute Gasteiger partial charge is 0.461 e. The molecule has 0 saturated heterocycles. The highest BCUT2D eigenvalue weighted by Crippen LogP contribution is 2.43. The number of dihydropyridines is 1. The second-order valence-corrected chi connectivity index (χ2v) is 12.7. The molecule has 0 bridgehead atoms. The first kappa shape index (κ1) is 35.0. The van der Waals surface area contributed by atoms with E-state index in [0.717, 1.165) is 12.0 Å². The molecule has 0 fully saturated rings. The number of rotatable bonds is 12. The fourth-order valence-corrected chi connectivity index (χ4v) is 5.96. The van der Waals surface area contributed by atoms with Gasteiger partial charge in [0.05, 0.1) is 33.2 Å². The Morgan fingerprint density at radius 3 is 2.33 bits per heavy atom. The van der Waals surface area contributed by atoms with E-state index in [1.54, 1.807) is 52.1 Å². The Labute approximate surface area is 281 Å². The molecule has 1 atom stereocenters. The van der Waals surface area contributed by atoms with Crippen LogP contribution in [0.5, 0.6) is 0 Å². The number of ether oxygens (including phenoxy) is 2. The van der Waals surface area contributed by atoms with Gasteiger partial charge in [0.2, 0.25) is 0 Å². The van der Waals surface area contributed by atoms with Gasteiger partial charge in [0.15, 0.2) is 0 Å². The average molecular weight is 663 g/mol. The lowest BCUT2D eigenvalue weighted by molar-refractivity contribution is -0.143. The molecule has 1 aromatic heterocycles. The summed E-state index contributed by atoms with van der Waals surface area (Å²) in [6, 6.07) is 17.7. The molecule has 46 heavy (non-hydrogen) atoms. The molecule has 0 amide bonds. The van der Waals surface area contributed by atoms with Gasteiger partial charge in [-0.05, 0) is 82.5 Å². The van der Waals surface area contributed by atoms with Crippen molar-refractivity contribution in [3.05, 3.63) is 127 Å². The first-order chi connectivity index (χ1) is 21.9. The Morgan fingerprint density at radius 1 is 0.978 bits per heavy atom. The van der Waals surface area contributed by atoms with E-state index < -0.39 is 17.9 Å². The number of halogens is 2. The van der Waals surface area contributed by atoms with Gasteiger partial charge in [-0.15, -0.1) is 0 Å². The van der Waals surface area contributed by atoms with Gasteiger partial charge in [-0.1, -0.05) is 77.3 Å². The number of aromatic nitrogens is 1. The zero-order valence-corrected chi connectivity index (χ0v) is 28.7. The van der Waals surface area contributed by atoms with Crippen LogP contribution in [0.1, 0.15) is 62.8 Å². The molecule has 1 aliphatic rings. The first-order valence-electron chi connectivity index (χ1n) is 15.3. The maximum Gasteiger partial charge on any atom is 0.337 e. The molecular weight excluding hydrogens is 621 g/mol. The summed E-state index contributed by atoms with van der Waals surface area (Å²) in [5.74, 6) is -1.89. The van der Waals surface area contributed by atoms with Crippen LogP contribution in [0, 0.1) is 0 Å². The van der Waals surface area contributed by atoms with Crippen molar-refractivity contribution < 1.29 is 19.1 Å². The van der Waals surface area contributed by atoms with Crippen LogP contribution >= 0.6 is 23.2 Å². The monoisotopic (exact) mass is 661 g/mol. The Balaban J connectivity index is 1.41. The van der Waals surface area contributed by atoms with Crippen LogP contribution in [0.2, 0.25) is 10.0 Å². The molecule has 0 saturated carbocycles. The second-order valence-electron chi connectivity index (χ2n) is 11.9. The maximum atomic E-state index is 13.7. The van der Waals surface area contributed by atoms with E-state index >= 15 is 0 Å². The minimum absolute atomic E-state index is 0.160. The fourth-order valence-electron chi connectivity index (χ4n) is 5.54. The predicted octanol–water partition coefficient (Wildman–Crippen LogP) is 7.74. The normalized spacial score (nSPS) is 15.3. The van der Waals surface area contributed by atoms with Gasteiger partial charge in [-0.25, -0.2) is 9.59 Å². The molecule has 1 N–H and O–H groups in total. The highest BCUT2D eigenvalue weighted by molar-refractivity contribution is 6.42. The van der Waals surface area contributed by atoms with E-state index in [2.05, 4.69) is 58.5 Å². The number of carbonyl (C=O) groups excluding carboxylic acids is 2. The van der Waals surface area contributed by atoms with Gasteiger partial charge in [-0.2, -0.15) is 0 Å². The zero-order valence-electron chi connectivity index (χ0n) is 27.2. The quantitative estimate of drug-likeness (QED) is 0.199. The molecule has 7 nitrogen and oxygen atoms in total. The van der Waals surface area contributed by atoms with Crippen molar-refractivity contribution in [1.29, 1.82) is 0 Å². The molecule has 2 aromatic carbocycles. The molecule has 4 rings (SSSR count). The minimum atomic E-state index is -0.815. The number of nitrogens with one attached hydrogen (secondary N) is 1. The van der Waals surface area contributed by atoms with Crippen LogP contribution < -0.4 is 5.32 Å². The number of allylic oxidation sites excluding steroid dienone is 2. The topological polar surface area (TPSA) is 80.8 Å². The number of esters is 2. The Kier molecular flexibility index (Phi) is 12.2. The summed E-state index contributed by atoms with van der Waals surface area (Å²) in [7, 11) is 1.98.